The molecule has 2 aromatic rings. The molecule has 4 nitrogen and oxygen atoms in total. The van der Waals surface area contributed by atoms with Crippen LogP contribution in [0.1, 0.15) is 0 Å². The summed E-state index contributed by atoms with van der Waals surface area (Å²) < 4.78 is 10.9. The van der Waals surface area contributed by atoms with Gasteiger partial charge in [0.15, 0.2) is 5.58 Å². The molecule has 2 rings (SSSR count). The number of rotatable bonds is 1. The third-order valence-electron chi connectivity index (χ3n) is 1.69. The number of methoxy groups -OCH3 is 1. The maximum Gasteiger partial charge on any atom is 0.417 e. The lowest BCUT2D eigenvalue weighted by Crippen LogP contribution is -1.93. The lowest BCUT2D eigenvalue weighted by molar-refractivity contribution is 0.412. The average molecular weight is 291 g/mol. The lowest BCUT2D eigenvalue weighted by atomic mass is 10.3. The SMILES string of the molecule is COc1cc2[nH]c(=O)oc2cc1I. The molecule has 0 atom stereocenters. The molecule has 1 N–H and O–H groups in total. The summed E-state index contributed by atoms with van der Waals surface area (Å²) in [4.78, 5) is 13.4. The van der Waals surface area contributed by atoms with E-state index >= 15 is 0 Å². The van der Waals surface area contributed by atoms with Crippen molar-refractivity contribution in [1.29, 1.82) is 0 Å². The number of benzene rings is 1. The summed E-state index contributed by atoms with van der Waals surface area (Å²) >= 11 is 2.12. The topological polar surface area (TPSA) is 55.2 Å². The normalized spacial score (nSPS) is 10.6. The van der Waals surface area contributed by atoms with Crippen molar-refractivity contribution < 1.29 is 9.15 Å². The minimum Gasteiger partial charge on any atom is -0.496 e. The molecule has 0 amide bonds. The molecule has 0 aliphatic rings. The van der Waals surface area contributed by atoms with E-state index in [0.29, 0.717) is 11.1 Å². The van der Waals surface area contributed by atoms with Gasteiger partial charge in [-0.2, -0.15) is 0 Å². The summed E-state index contributed by atoms with van der Waals surface area (Å²) in [5.74, 6) is 0.282. The molecular weight excluding hydrogens is 285 g/mol. The van der Waals surface area contributed by atoms with Gasteiger partial charge >= 0.3 is 5.76 Å². The van der Waals surface area contributed by atoms with Gasteiger partial charge in [0.2, 0.25) is 0 Å². The Morgan fingerprint density at radius 2 is 2.31 bits per heavy atom. The van der Waals surface area contributed by atoms with Crippen LogP contribution in [0.25, 0.3) is 11.1 Å². The second-order valence-corrected chi connectivity index (χ2v) is 3.66. The van der Waals surface area contributed by atoms with Gasteiger partial charge in [-0.05, 0) is 22.6 Å². The predicted octanol–water partition coefficient (Wildman–Crippen LogP) is 1.73. The Morgan fingerprint density at radius 1 is 1.54 bits per heavy atom. The van der Waals surface area contributed by atoms with Crippen LogP contribution in [-0.4, -0.2) is 12.1 Å². The van der Waals surface area contributed by atoms with Gasteiger partial charge in [-0.15, -0.1) is 0 Å². The van der Waals surface area contributed by atoms with Gasteiger partial charge < -0.3 is 9.15 Å². The Balaban J connectivity index is 2.80. The smallest absolute Gasteiger partial charge is 0.417 e. The van der Waals surface area contributed by atoms with Gasteiger partial charge in [0.1, 0.15) is 5.75 Å². The Hall–Kier alpha value is -0.980. The number of fused-ring (bicyclic) bond motifs is 1. The molecule has 1 aromatic heterocycles. The minimum absolute atomic E-state index is 0.445. The number of aromatic amines is 1. The molecule has 13 heavy (non-hydrogen) atoms. The van der Waals surface area contributed by atoms with Crippen LogP contribution < -0.4 is 10.5 Å². The van der Waals surface area contributed by atoms with E-state index in [1.807, 2.05) is 0 Å². The molecule has 5 heteroatoms. The van der Waals surface area contributed by atoms with Gasteiger partial charge in [-0.3, -0.25) is 4.98 Å². The molecule has 0 aliphatic carbocycles. The molecular formula is C8H6INO3. The van der Waals surface area contributed by atoms with E-state index in [1.54, 1.807) is 19.2 Å². The van der Waals surface area contributed by atoms with Crippen molar-refractivity contribution in [3.63, 3.8) is 0 Å². The number of ether oxygens (including phenoxy) is 1. The first-order chi connectivity index (χ1) is 6.20. The summed E-state index contributed by atoms with van der Waals surface area (Å²) in [6.45, 7) is 0. The van der Waals surface area contributed by atoms with E-state index in [1.165, 1.54) is 0 Å². The molecule has 0 saturated heterocycles. The summed E-state index contributed by atoms with van der Waals surface area (Å²) in [6.07, 6.45) is 0. The van der Waals surface area contributed by atoms with E-state index in [9.17, 15) is 4.79 Å². The van der Waals surface area contributed by atoms with Gasteiger partial charge in [0, 0.05) is 12.1 Å². The monoisotopic (exact) mass is 291 g/mol. The molecule has 0 unspecified atom stereocenters. The fraction of sp³-hybridized carbons (Fsp3) is 0.125. The minimum atomic E-state index is -0.445. The van der Waals surface area contributed by atoms with Crippen molar-refractivity contribution >= 4 is 33.7 Å². The fourth-order valence-corrected chi connectivity index (χ4v) is 1.77. The molecule has 0 saturated carbocycles. The van der Waals surface area contributed by atoms with E-state index in [4.69, 9.17) is 9.15 Å². The van der Waals surface area contributed by atoms with Crippen LogP contribution in [0.3, 0.4) is 0 Å². The number of hydrogen-bond donors (Lipinski definition) is 1. The second-order valence-electron chi connectivity index (χ2n) is 2.50. The standard InChI is InChI=1S/C8H6INO3/c1-12-6-3-5-7(2-4(6)9)13-8(11)10-5/h2-3H,1H3,(H,10,11). The van der Waals surface area contributed by atoms with Crippen molar-refractivity contribution in [3.05, 3.63) is 26.3 Å². The molecule has 68 valence electrons. The first kappa shape index (κ1) is 8.61. The Kier molecular flexibility index (Phi) is 2.03. The van der Waals surface area contributed by atoms with Crippen LogP contribution in [0.2, 0.25) is 0 Å². The van der Waals surface area contributed by atoms with Gasteiger partial charge in [0.25, 0.3) is 0 Å². The number of halogens is 1. The number of H-pyrrole nitrogens is 1. The van der Waals surface area contributed by atoms with Crippen molar-refractivity contribution in [2.24, 2.45) is 0 Å². The quantitative estimate of drug-likeness (QED) is 0.814. The van der Waals surface area contributed by atoms with Crippen molar-refractivity contribution in [2.75, 3.05) is 7.11 Å². The lowest BCUT2D eigenvalue weighted by Gasteiger charge is -2.00. The summed E-state index contributed by atoms with van der Waals surface area (Å²) in [5.41, 5.74) is 1.21. The zero-order valence-corrected chi connectivity index (χ0v) is 8.91. The van der Waals surface area contributed by atoms with Crippen LogP contribution in [0.4, 0.5) is 0 Å². The summed E-state index contributed by atoms with van der Waals surface area (Å²) in [7, 11) is 1.58. The first-order valence-electron chi connectivity index (χ1n) is 3.57. The molecule has 0 fully saturated rings. The Labute approximate surface area is 87.0 Å². The number of nitrogens with one attached hydrogen (secondary N) is 1. The van der Waals surface area contributed by atoms with E-state index < -0.39 is 5.76 Å². The van der Waals surface area contributed by atoms with Gasteiger partial charge in [-0.25, -0.2) is 4.79 Å². The molecule has 1 aromatic carbocycles. The predicted molar refractivity (Wildman–Crippen MR) is 56.1 cm³/mol. The molecule has 0 spiro atoms. The third kappa shape index (κ3) is 1.43. The van der Waals surface area contributed by atoms with Gasteiger partial charge in [-0.1, -0.05) is 0 Å². The number of hydrogen-bond acceptors (Lipinski definition) is 3. The van der Waals surface area contributed by atoms with Gasteiger partial charge in [0.05, 0.1) is 16.2 Å². The molecule has 1 heterocycles. The van der Waals surface area contributed by atoms with Crippen molar-refractivity contribution in [2.45, 2.75) is 0 Å². The fourth-order valence-electron chi connectivity index (χ4n) is 1.11. The number of aromatic nitrogens is 1. The Morgan fingerprint density at radius 3 is 3.00 bits per heavy atom. The van der Waals surface area contributed by atoms with Crippen molar-refractivity contribution in [1.82, 2.24) is 4.98 Å². The van der Waals surface area contributed by atoms with Crippen LogP contribution in [0.5, 0.6) is 5.75 Å². The summed E-state index contributed by atoms with van der Waals surface area (Å²) in [5, 5.41) is 0. The maximum absolute atomic E-state index is 10.8. The molecule has 0 radical (unpaired) electrons. The van der Waals surface area contributed by atoms with Crippen LogP contribution >= 0.6 is 22.6 Å². The average Bonchev–Trinajstić information content (AvgIpc) is 2.42. The number of oxazole rings is 1. The zero-order chi connectivity index (χ0) is 9.42. The van der Waals surface area contributed by atoms with Crippen LogP contribution in [0.15, 0.2) is 21.3 Å². The first-order valence-corrected chi connectivity index (χ1v) is 4.65. The molecule has 0 bridgehead atoms. The highest BCUT2D eigenvalue weighted by Crippen LogP contribution is 2.25. The van der Waals surface area contributed by atoms with Crippen LogP contribution in [-0.2, 0) is 0 Å². The highest BCUT2D eigenvalue weighted by molar-refractivity contribution is 14.1. The maximum atomic E-state index is 10.8. The Bertz CT molecular complexity index is 500. The summed E-state index contributed by atoms with van der Waals surface area (Å²) in [6, 6.07) is 3.49. The van der Waals surface area contributed by atoms with E-state index in [-0.39, 0.29) is 0 Å². The third-order valence-corrected chi connectivity index (χ3v) is 2.54. The zero-order valence-electron chi connectivity index (χ0n) is 6.76. The second kappa shape index (κ2) is 3.06. The van der Waals surface area contributed by atoms with Crippen molar-refractivity contribution in [3.8, 4) is 5.75 Å². The highest BCUT2D eigenvalue weighted by Gasteiger charge is 2.06. The largest absolute Gasteiger partial charge is 0.496 e. The van der Waals surface area contributed by atoms with Crippen LogP contribution in [0, 0.1) is 3.57 Å². The molecule has 0 aliphatic heterocycles. The van der Waals surface area contributed by atoms with E-state index in [0.717, 1.165) is 9.32 Å². The van der Waals surface area contributed by atoms with E-state index in [2.05, 4.69) is 27.6 Å². The highest BCUT2D eigenvalue weighted by atomic mass is 127.